The Bertz CT molecular complexity index is 662. The molecule has 1 aliphatic rings. The average Bonchev–Trinajstić information content (AvgIpc) is 2.76. The van der Waals surface area contributed by atoms with E-state index in [9.17, 15) is 22.0 Å². The van der Waals surface area contributed by atoms with Crippen LogP contribution in [0.15, 0.2) is 24.3 Å². The van der Waals surface area contributed by atoms with Crippen molar-refractivity contribution in [3.8, 4) is 0 Å². The molecule has 1 fully saturated rings. The van der Waals surface area contributed by atoms with E-state index in [1.165, 1.54) is 0 Å². The third kappa shape index (κ3) is 4.74. The van der Waals surface area contributed by atoms with Gasteiger partial charge in [0.05, 0.1) is 18.3 Å². The molecule has 0 radical (unpaired) electrons. The van der Waals surface area contributed by atoms with Crippen molar-refractivity contribution in [3.05, 3.63) is 35.4 Å². The molecule has 0 aliphatic carbocycles. The topological polar surface area (TPSA) is 75.3 Å². The lowest BCUT2D eigenvalue weighted by Gasteiger charge is -2.13. The molecule has 0 bridgehead atoms. The molecule has 1 atom stereocenters. The molecule has 2 N–H and O–H groups in total. The standard InChI is InChI=1S/C14H18F2N2O3S/c1-22(20,21)8-11-5-3-2-4-10(11)7-17-13(19)12-6-14(15,16)9-18-12/h2-5,12,18H,6-9H2,1H3,(H,17,19). The van der Waals surface area contributed by atoms with Gasteiger partial charge in [0, 0.05) is 19.2 Å². The summed E-state index contributed by atoms with van der Waals surface area (Å²) in [4.78, 5) is 11.9. The van der Waals surface area contributed by atoms with Gasteiger partial charge in [-0.05, 0) is 11.1 Å². The van der Waals surface area contributed by atoms with Crippen LogP contribution in [0.5, 0.6) is 0 Å². The lowest BCUT2D eigenvalue weighted by molar-refractivity contribution is -0.123. The van der Waals surface area contributed by atoms with Gasteiger partial charge in [0.1, 0.15) is 0 Å². The van der Waals surface area contributed by atoms with Crippen molar-refractivity contribution >= 4 is 15.7 Å². The van der Waals surface area contributed by atoms with E-state index < -0.39 is 40.7 Å². The van der Waals surface area contributed by atoms with Crippen molar-refractivity contribution in [1.29, 1.82) is 0 Å². The van der Waals surface area contributed by atoms with Gasteiger partial charge in [0.15, 0.2) is 9.84 Å². The molecular formula is C14H18F2N2O3S. The first-order valence-electron chi connectivity index (χ1n) is 6.80. The molecule has 1 aliphatic heterocycles. The molecule has 1 amide bonds. The number of benzene rings is 1. The van der Waals surface area contributed by atoms with E-state index in [1.807, 2.05) is 0 Å². The van der Waals surface area contributed by atoms with E-state index in [2.05, 4.69) is 10.6 Å². The third-order valence-electron chi connectivity index (χ3n) is 3.42. The summed E-state index contributed by atoms with van der Waals surface area (Å²) in [5.41, 5.74) is 1.25. The second-order valence-electron chi connectivity index (χ2n) is 5.55. The van der Waals surface area contributed by atoms with E-state index >= 15 is 0 Å². The van der Waals surface area contributed by atoms with Crippen LogP contribution in [0.3, 0.4) is 0 Å². The zero-order valence-electron chi connectivity index (χ0n) is 12.1. The van der Waals surface area contributed by atoms with Crippen LogP contribution >= 0.6 is 0 Å². The fourth-order valence-electron chi connectivity index (χ4n) is 2.36. The molecule has 1 unspecified atom stereocenters. The summed E-state index contributed by atoms with van der Waals surface area (Å²) in [6.07, 6.45) is 0.608. The number of carbonyl (C=O) groups is 1. The summed E-state index contributed by atoms with van der Waals surface area (Å²) in [6, 6.07) is 5.90. The van der Waals surface area contributed by atoms with Gasteiger partial charge in [-0.1, -0.05) is 24.3 Å². The molecule has 1 aromatic carbocycles. The van der Waals surface area contributed by atoms with Crippen LogP contribution in [0, 0.1) is 0 Å². The summed E-state index contributed by atoms with van der Waals surface area (Å²) in [5.74, 6) is -3.50. The summed E-state index contributed by atoms with van der Waals surface area (Å²) < 4.78 is 48.9. The van der Waals surface area contributed by atoms with Crippen molar-refractivity contribution in [1.82, 2.24) is 10.6 Å². The highest BCUT2D eigenvalue weighted by atomic mass is 32.2. The Kier molecular flexibility index (Phi) is 4.81. The van der Waals surface area contributed by atoms with Crippen LogP contribution in [0.1, 0.15) is 17.5 Å². The summed E-state index contributed by atoms with van der Waals surface area (Å²) in [7, 11) is -3.19. The highest BCUT2D eigenvalue weighted by molar-refractivity contribution is 7.89. The zero-order valence-corrected chi connectivity index (χ0v) is 12.9. The van der Waals surface area contributed by atoms with Gasteiger partial charge in [-0.2, -0.15) is 0 Å². The fraction of sp³-hybridized carbons (Fsp3) is 0.500. The number of sulfone groups is 1. The van der Waals surface area contributed by atoms with E-state index in [0.717, 1.165) is 6.26 Å². The molecule has 1 heterocycles. The number of nitrogens with one attached hydrogen (secondary N) is 2. The molecule has 0 aromatic heterocycles. The first-order valence-corrected chi connectivity index (χ1v) is 8.86. The molecular weight excluding hydrogens is 314 g/mol. The number of amides is 1. The Balaban J connectivity index is 1.99. The Morgan fingerprint density at radius 1 is 1.36 bits per heavy atom. The highest BCUT2D eigenvalue weighted by Crippen LogP contribution is 2.25. The quantitative estimate of drug-likeness (QED) is 0.838. The van der Waals surface area contributed by atoms with E-state index in [1.54, 1.807) is 24.3 Å². The molecule has 8 heteroatoms. The van der Waals surface area contributed by atoms with Crippen molar-refractivity contribution < 1.29 is 22.0 Å². The highest BCUT2D eigenvalue weighted by Gasteiger charge is 2.42. The minimum absolute atomic E-state index is 0.105. The number of carbonyl (C=O) groups excluding carboxylic acids is 1. The maximum Gasteiger partial charge on any atom is 0.262 e. The van der Waals surface area contributed by atoms with Crippen molar-refractivity contribution in [2.45, 2.75) is 30.7 Å². The van der Waals surface area contributed by atoms with Gasteiger partial charge < -0.3 is 5.32 Å². The SMILES string of the molecule is CS(=O)(=O)Cc1ccccc1CNC(=O)C1CC(F)(F)CN1. The Morgan fingerprint density at radius 3 is 2.55 bits per heavy atom. The van der Waals surface area contributed by atoms with E-state index in [4.69, 9.17) is 0 Å². The summed E-state index contributed by atoms with van der Waals surface area (Å²) in [5, 5.41) is 5.05. The normalized spacial score (nSPS) is 20.8. The fourth-order valence-corrected chi connectivity index (χ4v) is 3.21. The lowest BCUT2D eigenvalue weighted by Crippen LogP contribution is -2.40. The first kappa shape index (κ1) is 16.8. The second-order valence-corrected chi connectivity index (χ2v) is 7.69. The monoisotopic (exact) mass is 332 g/mol. The van der Waals surface area contributed by atoms with E-state index in [0.29, 0.717) is 11.1 Å². The van der Waals surface area contributed by atoms with Crippen LogP contribution in [0.4, 0.5) is 8.78 Å². The van der Waals surface area contributed by atoms with E-state index in [-0.39, 0.29) is 12.3 Å². The second kappa shape index (κ2) is 6.29. The molecule has 0 saturated carbocycles. The van der Waals surface area contributed by atoms with Crippen LogP contribution < -0.4 is 10.6 Å². The third-order valence-corrected chi connectivity index (χ3v) is 4.25. The smallest absolute Gasteiger partial charge is 0.262 e. The summed E-state index contributed by atoms with van der Waals surface area (Å²) >= 11 is 0. The van der Waals surface area contributed by atoms with Crippen LogP contribution in [0.25, 0.3) is 0 Å². The Hall–Kier alpha value is -1.54. The molecule has 5 nitrogen and oxygen atoms in total. The lowest BCUT2D eigenvalue weighted by atomic mass is 10.1. The minimum Gasteiger partial charge on any atom is -0.351 e. The van der Waals surface area contributed by atoms with Gasteiger partial charge in [-0.25, -0.2) is 17.2 Å². The zero-order chi connectivity index (χ0) is 16.4. The van der Waals surface area contributed by atoms with Gasteiger partial charge in [0.2, 0.25) is 5.91 Å². The Morgan fingerprint density at radius 2 is 2.00 bits per heavy atom. The number of hydrogen-bond donors (Lipinski definition) is 2. The molecule has 122 valence electrons. The average molecular weight is 332 g/mol. The van der Waals surface area contributed by atoms with Gasteiger partial charge in [-0.3, -0.25) is 10.1 Å². The summed E-state index contributed by atoms with van der Waals surface area (Å²) in [6.45, 7) is -0.399. The molecule has 1 aromatic rings. The Labute approximate surface area is 128 Å². The molecule has 2 rings (SSSR count). The van der Waals surface area contributed by atoms with Crippen LogP contribution in [-0.4, -0.2) is 39.1 Å². The van der Waals surface area contributed by atoms with Gasteiger partial charge >= 0.3 is 0 Å². The van der Waals surface area contributed by atoms with Gasteiger partial charge in [0.25, 0.3) is 5.92 Å². The predicted octanol–water partition coefficient (Wildman–Crippen LogP) is 0.845. The number of rotatable bonds is 5. The van der Waals surface area contributed by atoms with Crippen LogP contribution in [0.2, 0.25) is 0 Å². The first-order chi connectivity index (χ1) is 10.2. The maximum atomic E-state index is 13.1. The largest absolute Gasteiger partial charge is 0.351 e. The van der Waals surface area contributed by atoms with Crippen molar-refractivity contribution in [2.75, 3.05) is 12.8 Å². The number of alkyl halides is 2. The maximum absolute atomic E-state index is 13.1. The van der Waals surface area contributed by atoms with Crippen LogP contribution in [-0.2, 0) is 26.9 Å². The van der Waals surface area contributed by atoms with Gasteiger partial charge in [-0.15, -0.1) is 0 Å². The number of hydrogen-bond acceptors (Lipinski definition) is 4. The molecule has 1 saturated heterocycles. The van der Waals surface area contributed by atoms with Crippen molar-refractivity contribution in [3.63, 3.8) is 0 Å². The van der Waals surface area contributed by atoms with Crippen molar-refractivity contribution in [2.24, 2.45) is 0 Å². The minimum atomic E-state index is -3.19. The number of halogens is 2. The molecule has 0 spiro atoms. The predicted molar refractivity (Wildman–Crippen MR) is 78.2 cm³/mol. The molecule has 22 heavy (non-hydrogen) atoms.